The van der Waals surface area contributed by atoms with Crippen molar-refractivity contribution in [2.75, 3.05) is 5.75 Å². The Morgan fingerprint density at radius 1 is 1.00 bits per heavy atom. The van der Waals surface area contributed by atoms with Crippen molar-refractivity contribution in [2.45, 2.75) is 30.9 Å². The molecule has 170 valence electrons. The normalized spacial score (nSPS) is 12.4. The number of carboxylic acid groups (broad SMARTS) is 1. The molecule has 0 saturated heterocycles. The summed E-state index contributed by atoms with van der Waals surface area (Å²) in [5.41, 5.74) is 0.919. The van der Waals surface area contributed by atoms with Crippen molar-refractivity contribution >= 4 is 15.8 Å². The SMILES string of the molecule is O=C(O)C(CCCn1c(O)ccc1O)CS(=O)(=O)c1ccc(OCc2ccncc2)cc1. The van der Waals surface area contributed by atoms with Crippen LogP contribution in [0.5, 0.6) is 17.5 Å². The first-order valence-corrected chi connectivity index (χ1v) is 11.6. The highest BCUT2D eigenvalue weighted by Crippen LogP contribution is 2.24. The lowest BCUT2D eigenvalue weighted by atomic mass is 10.1. The van der Waals surface area contributed by atoms with E-state index in [4.69, 9.17) is 4.74 Å². The number of hydrogen-bond acceptors (Lipinski definition) is 7. The van der Waals surface area contributed by atoms with Crippen LogP contribution in [0.3, 0.4) is 0 Å². The molecular formula is C22H24N2O7S. The molecule has 3 rings (SSSR count). The average molecular weight is 461 g/mol. The summed E-state index contributed by atoms with van der Waals surface area (Å²) in [7, 11) is -3.84. The zero-order valence-corrected chi connectivity index (χ0v) is 18.0. The molecular weight excluding hydrogens is 436 g/mol. The molecule has 32 heavy (non-hydrogen) atoms. The van der Waals surface area contributed by atoms with Gasteiger partial charge in [0.2, 0.25) is 0 Å². The van der Waals surface area contributed by atoms with Gasteiger partial charge in [-0.1, -0.05) is 0 Å². The van der Waals surface area contributed by atoms with Gasteiger partial charge in [0.1, 0.15) is 12.4 Å². The van der Waals surface area contributed by atoms with Crippen molar-refractivity contribution in [1.82, 2.24) is 9.55 Å². The van der Waals surface area contributed by atoms with Crippen LogP contribution >= 0.6 is 0 Å². The third kappa shape index (κ3) is 6.01. The first kappa shape index (κ1) is 23.1. The number of nitrogens with zero attached hydrogens (tertiary/aromatic N) is 2. The molecule has 0 saturated carbocycles. The number of benzene rings is 1. The molecule has 3 aromatic rings. The maximum absolute atomic E-state index is 12.7. The number of carboxylic acids is 1. The molecule has 2 heterocycles. The summed E-state index contributed by atoms with van der Waals surface area (Å²) in [4.78, 5) is 15.6. The highest BCUT2D eigenvalue weighted by atomic mass is 32.2. The Balaban J connectivity index is 1.59. The van der Waals surface area contributed by atoms with Gasteiger partial charge in [-0.05, 0) is 54.8 Å². The zero-order chi connectivity index (χ0) is 23.1. The maximum Gasteiger partial charge on any atom is 0.307 e. The minimum atomic E-state index is -3.84. The smallest absolute Gasteiger partial charge is 0.307 e. The molecule has 2 aromatic heterocycles. The van der Waals surface area contributed by atoms with Crippen molar-refractivity contribution in [2.24, 2.45) is 5.92 Å². The van der Waals surface area contributed by atoms with E-state index in [-0.39, 0.29) is 36.0 Å². The van der Waals surface area contributed by atoms with E-state index >= 15 is 0 Å². The molecule has 0 amide bonds. The number of hydrogen-bond donors (Lipinski definition) is 3. The molecule has 0 radical (unpaired) electrons. The Kier molecular flexibility index (Phi) is 7.37. The van der Waals surface area contributed by atoms with Crippen LogP contribution in [0.15, 0.2) is 65.8 Å². The van der Waals surface area contributed by atoms with E-state index in [0.29, 0.717) is 12.4 Å². The van der Waals surface area contributed by atoms with Gasteiger partial charge in [-0.15, -0.1) is 0 Å². The van der Waals surface area contributed by atoms with Gasteiger partial charge in [0, 0.05) is 31.1 Å². The monoisotopic (exact) mass is 460 g/mol. The number of carbonyl (C=O) groups is 1. The molecule has 0 spiro atoms. The van der Waals surface area contributed by atoms with Gasteiger partial charge in [-0.2, -0.15) is 0 Å². The molecule has 0 aliphatic carbocycles. The number of ether oxygens (including phenoxy) is 1. The molecule has 1 unspecified atom stereocenters. The summed E-state index contributed by atoms with van der Waals surface area (Å²) in [5, 5.41) is 28.8. The lowest BCUT2D eigenvalue weighted by Crippen LogP contribution is -2.24. The summed E-state index contributed by atoms with van der Waals surface area (Å²) < 4.78 is 32.3. The Hall–Kier alpha value is -3.53. The molecule has 1 atom stereocenters. The van der Waals surface area contributed by atoms with E-state index in [1.807, 2.05) is 12.1 Å². The minimum absolute atomic E-state index is 0.0145. The van der Waals surface area contributed by atoms with Crippen LogP contribution in [0.2, 0.25) is 0 Å². The van der Waals surface area contributed by atoms with Crippen molar-refractivity contribution in [3.05, 3.63) is 66.5 Å². The second-order valence-corrected chi connectivity index (χ2v) is 9.31. The van der Waals surface area contributed by atoms with Gasteiger partial charge in [-0.25, -0.2) is 8.42 Å². The summed E-state index contributed by atoms with van der Waals surface area (Å²) in [6.07, 6.45) is 3.64. The standard InChI is InChI=1S/C22H24N2O7S/c25-20-7-8-21(26)24(20)13-1-2-17(22(27)28)15-32(29,30)19-5-3-18(4-6-19)31-14-16-9-11-23-12-10-16/h3-12,17,25-26H,1-2,13-15H2,(H,27,28). The van der Waals surface area contributed by atoms with Gasteiger partial charge in [0.05, 0.1) is 16.6 Å². The Morgan fingerprint density at radius 2 is 1.62 bits per heavy atom. The molecule has 0 fully saturated rings. The fourth-order valence-electron chi connectivity index (χ4n) is 3.20. The van der Waals surface area contributed by atoms with E-state index in [9.17, 15) is 28.5 Å². The van der Waals surface area contributed by atoms with Gasteiger partial charge in [0.15, 0.2) is 21.6 Å². The molecule has 0 bridgehead atoms. The predicted molar refractivity (Wildman–Crippen MR) is 115 cm³/mol. The third-order valence-electron chi connectivity index (χ3n) is 4.98. The van der Waals surface area contributed by atoms with Crippen LogP contribution in [0, 0.1) is 5.92 Å². The summed E-state index contributed by atoms with van der Waals surface area (Å²) in [5.74, 6) is -2.69. The number of pyridine rings is 1. The van der Waals surface area contributed by atoms with Crippen molar-refractivity contribution in [3.8, 4) is 17.5 Å². The number of aromatic hydroxyl groups is 2. The fourth-order valence-corrected chi connectivity index (χ4v) is 4.78. The lowest BCUT2D eigenvalue weighted by molar-refractivity contribution is -0.141. The maximum atomic E-state index is 12.7. The number of aromatic nitrogens is 2. The molecule has 1 aromatic carbocycles. The molecule has 10 heteroatoms. The Bertz CT molecular complexity index is 1120. The average Bonchev–Trinajstić information content (AvgIpc) is 3.10. The predicted octanol–water partition coefficient (Wildman–Crippen LogP) is 2.83. The van der Waals surface area contributed by atoms with Crippen molar-refractivity contribution < 1.29 is 33.3 Å². The van der Waals surface area contributed by atoms with E-state index in [2.05, 4.69) is 4.98 Å². The van der Waals surface area contributed by atoms with Crippen LogP contribution in [0.25, 0.3) is 0 Å². The van der Waals surface area contributed by atoms with Gasteiger partial charge in [0.25, 0.3) is 0 Å². The second-order valence-electron chi connectivity index (χ2n) is 7.28. The van der Waals surface area contributed by atoms with Crippen molar-refractivity contribution in [3.63, 3.8) is 0 Å². The summed E-state index contributed by atoms with van der Waals surface area (Å²) in [6.45, 7) is 0.472. The number of aliphatic carboxylic acids is 1. The topological polar surface area (TPSA) is 139 Å². The third-order valence-corrected chi connectivity index (χ3v) is 6.81. The fraction of sp³-hybridized carbons (Fsp3) is 0.273. The number of rotatable bonds is 11. The first-order chi connectivity index (χ1) is 15.3. The van der Waals surface area contributed by atoms with Crippen molar-refractivity contribution in [1.29, 1.82) is 0 Å². The molecule has 0 aliphatic rings. The Morgan fingerprint density at radius 3 is 2.22 bits per heavy atom. The minimum Gasteiger partial charge on any atom is -0.494 e. The summed E-state index contributed by atoms with van der Waals surface area (Å²) in [6, 6.07) is 12.1. The van der Waals surface area contributed by atoms with Crippen LogP contribution in [0.1, 0.15) is 18.4 Å². The molecule has 0 aliphatic heterocycles. The van der Waals surface area contributed by atoms with E-state index in [0.717, 1.165) is 5.56 Å². The molecule has 9 nitrogen and oxygen atoms in total. The lowest BCUT2D eigenvalue weighted by Gasteiger charge is -2.14. The summed E-state index contributed by atoms with van der Waals surface area (Å²) >= 11 is 0. The van der Waals surface area contributed by atoms with E-state index in [1.165, 1.54) is 41.0 Å². The van der Waals surface area contributed by atoms with E-state index < -0.39 is 27.5 Å². The Labute approximate surface area is 185 Å². The first-order valence-electron chi connectivity index (χ1n) is 9.91. The second kappa shape index (κ2) is 10.2. The van der Waals surface area contributed by atoms with Crippen LogP contribution in [-0.4, -0.2) is 45.0 Å². The number of sulfone groups is 1. The quantitative estimate of drug-likeness (QED) is 0.397. The largest absolute Gasteiger partial charge is 0.494 e. The van der Waals surface area contributed by atoms with Gasteiger partial charge < -0.3 is 20.1 Å². The van der Waals surface area contributed by atoms with Crippen LogP contribution < -0.4 is 4.74 Å². The zero-order valence-electron chi connectivity index (χ0n) is 17.2. The van der Waals surface area contributed by atoms with Crippen LogP contribution in [-0.2, 0) is 27.8 Å². The van der Waals surface area contributed by atoms with Crippen LogP contribution in [0.4, 0.5) is 0 Å². The van der Waals surface area contributed by atoms with E-state index in [1.54, 1.807) is 12.4 Å². The molecule has 3 N–H and O–H groups in total. The van der Waals surface area contributed by atoms with Gasteiger partial charge in [-0.3, -0.25) is 14.3 Å². The highest BCUT2D eigenvalue weighted by Gasteiger charge is 2.26. The van der Waals surface area contributed by atoms with Gasteiger partial charge >= 0.3 is 5.97 Å². The highest BCUT2D eigenvalue weighted by molar-refractivity contribution is 7.91.